The van der Waals surface area contributed by atoms with Gasteiger partial charge in [-0.3, -0.25) is 4.90 Å². The quantitative estimate of drug-likeness (QED) is 0.872. The number of hydrogen-bond donors (Lipinski definition) is 0. The van der Waals surface area contributed by atoms with Crippen LogP contribution in [0.25, 0.3) is 0 Å². The average Bonchev–Trinajstić information content (AvgIpc) is 2.93. The third-order valence-electron chi connectivity index (χ3n) is 4.09. The van der Waals surface area contributed by atoms with Gasteiger partial charge in [0.2, 0.25) is 0 Å². The lowest BCUT2D eigenvalue weighted by Gasteiger charge is -2.36. The molecular formula is C15H18F2N4O. The summed E-state index contributed by atoms with van der Waals surface area (Å²) in [7, 11) is 1.86. The van der Waals surface area contributed by atoms with Crippen molar-refractivity contribution in [3.8, 4) is 0 Å². The van der Waals surface area contributed by atoms with E-state index in [1.165, 1.54) is 12.1 Å². The van der Waals surface area contributed by atoms with E-state index in [1.54, 1.807) is 6.33 Å². The van der Waals surface area contributed by atoms with Crippen LogP contribution in [0.2, 0.25) is 0 Å². The fourth-order valence-corrected chi connectivity index (χ4v) is 2.80. The van der Waals surface area contributed by atoms with Gasteiger partial charge in [-0.2, -0.15) is 0 Å². The molecular weight excluding hydrogens is 290 g/mol. The highest BCUT2D eigenvalue weighted by molar-refractivity contribution is 5.22. The van der Waals surface area contributed by atoms with Crippen LogP contribution in [0.5, 0.6) is 0 Å². The molecule has 2 heterocycles. The lowest BCUT2D eigenvalue weighted by molar-refractivity contribution is -0.0487. The van der Waals surface area contributed by atoms with E-state index in [2.05, 4.69) is 15.1 Å². The van der Waals surface area contributed by atoms with E-state index in [9.17, 15) is 8.78 Å². The van der Waals surface area contributed by atoms with Crippen LogP contribution in [0.1, 0.15) is 30.5 Å². The van der Waals surface area contributed by atoms with Crippen molar-refractivity contribution >= 4 is 0 Å². The van der Waals surface area contributed by atoms with Gasteiger partial charge >= 0.3 is 0 Å². The van der Waals surface area contributed by atoms with Crippen molar-refractivity contribution in [2.75, 3.05) is 19.7 Å². The molecule has 1 fully saturated rings. The van der Waals surface area contributed by atoms with E-state index in [1.807, 2.05) is 18.5 Å². The van der Waals surface area contributed by atoms with Gasteiger partial charge in [0.25, 0.3) is 0 Å². The number of nitrogens with zero attached hydrogens (tertiary/aromatic N) is 4. The molecule has 1 aliphatic heterocycles. The molecule has 0 bridgehead atoms. The van der Waals surface area contributed by atoms with Crippen LogP contribution < -0.4 is 0 Å². The second-order valence-corrected chi connectivity index (χ2v) is 5.50. The van der Waals surface area contributed by atoms with Crippen molar-refractivity contribution in [3.05, 3.63) is 47.5 Å². The first-order valence-electron chi connectivity index (χ1n) is 7.20. The first kappa shape index (κ1) is 15.1. The molecule has 3 rings (SSSR count). The molecule has 0 amide bonds. The van der Waals surface area contributed by atoms with Crippen LogP contribution in [0.15, 0.2) is 24.5 Å². The fourth-order valence-electron chi connectivity index (χ4n) is 2.80. The Kier molecular flexibility index (Phi) is 4.17. The van der Waals surface area contributed by atoms with Crippen LogP contribution in [0.3, 0.4) is 0 Å². The maximum absolute atomic E-state index is 14.0. The first-order chi connectivity index (χ1) is 10.6. The van der Waals surface area contributed by atoms with Crippen molar-refractivity contribution in [1.29, 1.82) is 0 Å². The van der Waals surface area contributed by atoms with Crippen molar-refractivity contribution < 1.29 is 13.5 Å². The topological polar surface area (TPSA) is 43.2 Å². The summed E-state index contributed by atoms with van der Waals surface area (Å²) in [5, 5.41) is 7.93. The fraction of sp³-hybridized carbons (Fsp3) is 0.467. The zero-order valence-electron chi connectivity index (χ0n) is 12.5. The summed E-state index contributed by atoms with van der Waals surface area (Å²) in [6.07, 6.45) is 1.42. The molecule has 2 atom stereocenters. The van der Waals surface area contributed by atoms with Crippen LogP contribution >= 0.6 is 0 Å². The molecule has 7 heteroatoms. The monoisotopic (exact) mass is 308 g/mol. The molecule has 2 aromatic rings. The molecule has 0 unspecified atom stereocenters. The van der Waals surface area contributed by atoms with Gasteiger partial charge in [-0.15, -0.1) is 10.2 Å². The maximum Gasteiger partial charge on any atom is 0.163 e. The number of benzene rings is 1. The minimum Gasteiger partial charge on any atom is -0.368 e. The molecule has 1 saturated heterocycles. The minimum atomic E-state index is -0.563. The Balaban J connectivity index is 1.78. The summed E-state index contributed by atoms with van der Waals surface area (Å²) in [4.78, 5) is 2.11. The highest BCUT2D eigenvalue weighted by Crippen LogP contribution is 2.29. The predicted molar refractivity (Wildman–Crippen MR) is 76.0 cm³/mol. The summed E-state index contributed by atoms with van der Waals surface area (Å²) in [6.45, 7) is 3.72. The predicted octanol–water partition coefficient (Wildman–Crippen LogP) is 2.23. The van der Waals surface area contributed by atoms with E-state index in [0.29, 0.717) is 25.3 Å². The zero-order chi connectivity index (χ0) is 15.7. The summed E-state index contributed by atoms with van der Waals surface area (Å²) >= 11 is 0. The number of halogens is 2. The minimum absolute atomic E-state index is 0.166. The lowest BCUT2D eigenvalue weighted by Crippen LogP contribution is -2.40. The van der Waals surface area contributed by atoms with Gasteiger partial charge in [-0.1, -0.05) is 6.07 Å². The molecule has 1 aromatic carbocycles. The van der Waals surface area contributed by atoms with Crippen LogP contribution in [0, 0.1) is 11.6 Å². The molecule has 118 valence electrons. The molecule has 0 N–H and O–H groups in total. The Bertz CT molecular complexity index is 661. The Morgan fingerprint density at radius 3 is 2.86 bits per heavy atom. The van der Waals surface area contributed by atoms with E-state index in [0.717, 1.165) is 11.9 Å². The van der Waals surface area contributed by atoms with Crippen molar-refractivity contribution in [1.82, 2.24) is 19.7 Å². The van der Waals surface area contributed by atoms with E-state index >= 15 is 0 Å². The van der Waals surface area contributed by atoms with E-state index in [4.69, 9.17) is 4.74 Å². The normalized spacial score (nSPS) is 21.0. The number of morpholine rings is 1. The van der Waals surface area contributed by atoms with Gasteiger partial charge in [0, 0.05) is 37.8 Å². The summed E-state index contributed by atoms with van der Waals surface area (Å²) in [5.41, 5.74) is 0.486. The van der Waals surface area contributed by atoms with Crippen LogP contribution in [-0.2, 0) is 11.8 Å². The number of ether oxygens (including phenoxy) is 1. The van der Waals surface area contributed by atoms with Crippen LogP contribution in [-0.4, -0.2) is 39.4 Å². The van der Waals surface area contributed by atoms with Crippen molar-refractivity contribution in [2.24, 2.45) is 7.05 Å². The van der Waals surface area contributed by atoms with Gasteiger partial charge in [0.05, 0.1) is 6.61 Å². The second kappa shape index (κ2) is 6.10. The third kappa shape index (κ3) is 2.86. The van der Waals surface area contributed by atoms with Gasteiger partial charge in [0.1, 0.15) is 24.1 Å². The Morgan fingerprint density at radius 1 is 1.36 bits per heavy atom. The molecule has 1 aliphatic rings. The van der Waals surface area contributed by atoms with Gasteiger partial charge in [0.15, 0.2) is 5.82 Å². The number of hydrogen-bond acceptors (Lipinski definition) is 4. The second-order valence-electron chi connectivity index (χ2n) is 5.50. The summed E-state index contributed by atoms with van der Waals surface area (Å²) in [6, 6.07) is 3.55. The van der Waals surface area contributed by atoms with Gasteiger partial charge < -0.3 is 9.30 Å². The molecule has 0 spiro atoms. The van der Waals surface area contributed by atoms with E-state index < -0.39 is 11.6 Å². The highest BCUT2D eigenvalue weighted by Gasteiger charge is 2.29. The molecule has 0 aliphatic carbocycles. The molecule has 22 heavy (non-hydrogen) atoms. The number of aryl methyl sites for hydroxylation is 1. The van der Waals surface area contributed by atoms with Crippen molar-refractivity contribution in [2.45, 2.75) is 19.1 Å². The SMILES string of the molecule is C[C@@H](c1ccc(F)cc1F)N1CCO[C@@H](c2nncn2C)C1. The molecule has 1 aromatic heterocycles. The number of aromatic nitrogens is 3. The zero-order valence-corrected chi connectivity index (χ0v) is 12.5. The molecule has 5 nitrogen and oxygen atoms in total. The Morgan fingerprint density at radius 2 is 2.18 bits per heavy atom. The van der Waals surface area contributed by atoms with Gasteiger partial charge in [-0.05, 0) is 13.0 Å². The lowest BCUT2D eigenvalue weighted by atomic mass is 10.0. The van der Waals surface area contributed by atoms with Gasteiger partial charge in [-0.25, -0.2) is 8.78 Å². The summed E-state index contributed by atoms with van der Waals surface area (Å²) in [5.74, 6) is -0.335. The number of rotatable bonds is 3. The smallest absolute Gasteiger partial charge is 0.163 e. The average molecular weight is 308 g/mol. The summed E-state index contributed by atoms with van der Waals surface area (Å²) < 4.78 is 34.6. The Labute approximate surface area is 127 Å². The maximum atomic E-state index is 14.0. The van der Waals surface area contributed by atoms with E-state index in [-0.39, 0.29) is 12.1 Å². The van der Waals surface area contributed by atoms with Crippen molar-refractivity contribution in [3.63, 3.8) is 0 Å². The highest BCUT2D eigenvalue weighted by atomic mass is 19.1. The molecule has 0 saturated carbocycles. The van der Waals surface area contributed by atoms with Crippen LogP contribution in [0.4, 0.5) is 8.78 Å². The molecule has 0 radical (unpaired) electrons. The Hall–Kier alpha value is -1.86. The first-order valence-corrected chi connectivity index (χ1v) is 7.20. The standard InChI is InChI=1S/C15H18F2N4O/c1-10(12-4-3-11(16)7-13(12)17)21-5-6-22-14(8-21)15-19-18-9-20(15)2/h3-4,7,9-10,14H,5-6,8H2,1-2H3/t10-,14+/m0/s1. The third-order valence-corrected chi connectivity index (χ3v) is 4.09. The largest absolute Gasteiger partial charge is 0.368 e.